The molecule has 0 saturated heterocycles. The van der Waals surface area contributed by atoms with Crippen molar-refractivity contribution in [3.63, 3.8) is 0 Å². The predicted octanol–water partition coefficient (Wildman–Crippen LogP) is 21.0. The Morgan fingerprint density at radius 3 is 0.829 bits per heavy atom. The van der Waals surface area contributed by atoms with Crippen LogP contribution in [-0.2, 0) is 0 Å². The van der Waals surface area contributed by atoms with Crippen LogP contribution in [0.4, 0.5) is 34.1 Å². The molecule has 0 aromatic heterocycles. The predicted molar refractivity (Wildman–Crippen MR) is 327 cm³/mol. The molecule has 0 N–H and O–H groups in total. The van der Waals surface area contributed by atoms with E-state index in [2.05, 4.69) is 313 Å². The quantitative estimate of drug-likeness (QED) is 0.0995. The summed E-state index contributed by atoms with van der Waals surface area (Å²) in [5.74, 6) is 0. The molecular formula is C74H50N2. The Balaban J connectivity index is 0.824. The number of rotatable bonds is 10. The highest BCUT2D eigenvalue weighted by Crippen LogP contribution is 2.51. The summed E-state index contributed by atoms with van der Waals surface area (Å²) < 4.78 is 0. The standard InChI is InChI=1S/C74H50N2/c1-3-25-57(26-4-1)75(69-39-19-23-53-21-7-9-29-59(53)69)73-65-35-15-11-31-61(65)71(62-32-12-16-36-66(62)73)55-47-43-51(44-48-55)41-42-52-45-49-56(50-46-52)72-63-33-13-17-37-67(63)74(68-38-18-14-34-64(68)72)76(58-27-5-2-6-28-58)70-40-20-24-54-22-8-10-30-60(54)70/h1-50H. The third-order valence-electron chi connectivity index (χ3n) is 15.2. The van der Waals surface area contributed by atoms with Crippen molar-refractivity contribution in [3.8, 4) is 22.3 Å². The van der Waals surface area contributed by atoms with Crippen LogP contribution < -0.4 is 9.80 Å². The maximum absolute atomic E-state index is 2.46. The van der Waals surface area contributed by atoms with Crippen LogP contribution in [0.2, 0.25) is 0 Å². The van der Waals surface area contributed by atoms with E-state index in [1.807, 2.05) is 0 Å². The van der Waals surface area contributed by atoms with Crippen molar-refractivity contribution in [1.29, 1.82) is 0 Å². The maximum atomic E-state index is 2.46. The van der Waals surface area contributed by atoms with Gasteiger partial charge in [-0.2, -0.15) is 0 Å². The van der Waals surface area contributed by atoms with E-state index in [4.69, 9.17) is 0 Å². The van der Waals surface area contributed by atoms with E-state index in [0.717, 1.165) is 33.9 Å². The van der Waals surface area contributed by atoms with Gasteiger partial charge in [0.05, 0.1) is 22.7 Å². The Bertz CT molecular complexity index is 4090. The summed E-state index contributed by atoms with van der Waals surface area (Å²) in [7, 11) is 0. The first kappa shape index (κ1) is 44.7. The lowest BCUT2D eigenvalue weighted by molar-refractivity contribution is 1.33. The number of benzene rings is 14. The van der Waals surface area contributed by atoms with E-state index in [9.17, 15) is 0 Å². The van der Waals surface area contributed by atoms with Gasteiger partial charge in [-0.3, -0.25) is 0 Å². The number of hydrogen-bond acceptors (Lipinski definition) is 2. The minimum Gasteiger partial charge on any atom is -0.309 e. The van der Waals surface area contributed by atoms with E-state index >= 15 is 0 Å². The molecule has 0 fully saturated rings. The number of nitrogens with zero attached hydrogens (tertiary/aromatic N) is 2. The summed E-state index contributed by atoms with van der Waals surface area (Å²) in [6, 6.07) is 106. The molecule has 356 valence electrons. The molecule has 0 spiro atoms. The van der Waals surface area contributed by atoms with Crippen molar-refractivity contribution in [1.82, 2.24) is 0 Å². The Kier molecular flexibility index (Phi) is 11.2. The molecular weight excluding hydrogens is 917 g/mol. The number of hydrogen-bond donors (Lipinski definition) is 0. The number of anilines is 6. The first-order valence-electron chi connectivity index (χ1n) is 26.2. The molecule has 0 saturated carbocycles. The summed E-state index contributed by atoms with van der Waals surface area (Å²) in [6.07, 6.45) is 4.45. The Morgan fingerprint density at radius 1 is 0.211 bits per heavy atom. The van der Waals surface area contributed by atoms with Crippen LogP contribution in [0.15, 0.2) is 291 Å². The average molecular weight is 967 g/mol. The third-order valence-corrected chi connectivity index (χ3v) is 15.2. The molecule has 14 aromatic rings. The number of fused-ring (bicyclic) bond motifs is 6. The van der Waals surface area contributed by atoms with Gasteiger partial charge in [-0.15, -0.1) is 0 Å². The van der Waals surface area contributed by atoms with Gasteiger partial charge in [0.25, 0.3) is 0 Å². The topological polar surface area (TPSA) is 6.48 Å². The highest BCUT2D eigenvalue weighted by Gasteiger charge is 2.25. The second kappa shape index (κ2) is 19.1. The molecule has 14 aromatic carbocycles. The van der Waals surface area contributed by atoms with Gasteiger partial charge in [-0.05, 0) is 102 Å². The lowest BCUT2D eigenvalue weighted by atomic mass is 9.89. The van der Waals surface area contributed by atoms with Gasteiger partial charge in [0.15, 0.2) is 0 Å². The Hall–Kier alpha value is -10.0. The minimum absolute atomic E-state index is 1.12. The van der Waals surface area contributed by atoms with Crippen LogP contribution >= 0.6 is 0 Å². The third kappa shape index (κ3) is 7.75. The molecule has 0 bridgehead atoms. The molecule has 0 radical (unpaired) electrons. The average Bonchev–Trinajstić information content (AvgIpc) is 3.60. The van der Waals surface area contributed by atoms with Crippen LogP contribution in [0, 0.1) is 0 Å². The maximum Gasteiger partial charge on any atom is 0.0619 e. The van der Waals surface area contributed by atoms with Crippen LogP contribution in [0.3, 0.4) is 0 Å². The smallest absolute Gasteiger partial charge is 0.0619 e. The largest absolute Gasteiger partial charge is 0.309 e. The summed E-state index contributed by atoms with van der Waals surface area (Å²) >= 11 is 0. The van der Waals surface area contributed by atoms with Crippen molar-refractivity contribution in [2.75, 3.05) is 9.80 Å². The monoisotopic (exact) mass is 966 g/mol. The normalized spacial score (nSPS) is 11.6. The van der Waals surface area contributed by atoms with Crippen LogP contribution in [0.1, 0.15) is 11.1 Å². The van der Waals surface area contributed by atoms with Crippen LogP contribution in [-0.4, -0.2) is 0 Å². The second-order valence-corrected chi connectivity index (χ2v) is 19.5. The summed E-state index contributed by atoms with van der Waals surface area (Å²) in [5.41, 5.74) is 14.0. The molecule has 2 nitrogen and oxygen atoms in total. The molecule has 0 amide bonds. The fraction of sp³-hybridized carbons (Fsp3) is 0. The second-order valence-electron chi connectivity index (χ2n) is 19.5. The zero-order chi connectivity index (χ0) is 50.4. The van der Waals surface area contributed by atoms with Gasteiger partial charge >= 0.3 is 0 Å². The molecule has 0 unspecified atom stereocenters. The van der Waals surface area contributed by atoms with Gasteiger partial charge in [-0.25, -0.2) is 0 Å². The molecule has 0 heterocycles. The molecule has 76 heavy (non-hydrogen) atoms. The zero-order valence-corrected chi connectivity index (χ0v) is 41.8. The van der Waals surface area contributed by atoms with Gasteiger partial charge in [0, 0.05) is 43.7 Å². The summed E-state index contributed by atoms with van der Waals surface area (Å²) in [6.45, 7) is 0. The van der Waals surface area contributed by atoms with E-state index in [1.165, 1.54) is 98.3 Å². The highest BCUT2D eigenvalue weighted by molar-refractivity contribution is 6.25. The van der Waals surface area contributed by atoms with Gasteiger partial charge < -0.3 is 9.80 Å². The first-order chi connectivity index (χ1) is 37.7. The van der Waals surface area contributed by atoms with E-state index in [1.54, 1.807) is 0 Å². The molecule has 0 atom stereocenters. The molecule has 14 rings (SSSR count). The molecule has 0 aliphatic rings. The van der Waals surface area contributed by atoms with Crippen molar-refractivity contribution in [2.24, 2.45) is 0 Å². The molecule has 0 aliphatic heterocycles. The van der Waals surface area contributed by atoms with Crippen molar-refractivity contribution in [2.45, 2.75) is 0 Å². The van der Waals surface area contributed by atoms with Crippen LogP contribution in [0.25, 0.3) is 99.0 Å². The lowest BCUT2D eigenvalue weighted by Crippen LogP contribution is -2.12. The fourth-order valence-electron chi connectivity index (χ4n) is 11.8. The number of para-hydroxylation sites is 2. The summed E-state index contributed by atoms with van der Waals surface area (Å²) in [4.78, 5) is 4.93. The molecule has 0 aliphatic carbocycles. The first-order valence-corrected chi connectivity index (χ1v) is 26.2. The van der Waals surface area contributed by atoms with E-state index in [0.29, 0.717) is 0 Å². The zero-order valence-electron chi connectivity index (χ0n) is 41.8. The summed E-state index contributed by atoms with van der Waals surface area (Å²) in [5, 5.41) is 14.5. The van der Waals surface area contributed by atoms with Crippen molar-refractivity contribution >= 4 is 111 Å². The van der Waals surface area contributed by atoms with Gasteiger partial charge in [0.1, 0.15) is 0 Å². The van der Waals surface area contributed by atoms with E-state index < -0.39 is 0 Å². The Labute approximate surface area is 442 Å². The SMILES string of the molecule is C(=Cc1ccc(-c2c3ccccc3c(N(c3ccccc3)c3cccc4ccccc34)c3ccccc23)cc1)c1ccc(-c2c3ccccc3c(N(c3ccccc3)c3cccc4ccccc34)c3ccccc23)cc1. The lowest BCUT2D eigenvalue weighted by Gasteiger charge is -2.30. The van der Waals surface area contributed by atoms with Gasteiger partial charge in [0.2, 0.25) is 0 Å². The van der Waals surface area contributed by atoms with E-state index in [-0.39, 0.29) is 0 Å². The van der Waals surface area contributed by atoms with Gasteiger partial charge in [-0.1, -0.05) is 267 Å². The highest BCUT2D eigenvalue weighted by atomic mass is 15.2. The van der Waals surface area contributed by atoms with Crippen molar-refractivity contribution < 1.29 is 0 Å². The minimum atomic E-state index is 1.12. The molecule has 2 heteroatoms. The van der Waals surface area contributed by atoms with Crippen LogP contribution in [0.5, 0.6) is 0 Å². The fourth-order valence-corrected chi connectivity index (χ4v) is 11.8. The Morgan fingerprint density at radius 2 is 0.487 bits per heavy atom. The van der Waals surface area contributed by atoms with Crippen molar-refractivity contribution in [3.05, 3.63) is 302 Å².